The number of aryl methyl sites for hydroxylation is 2. The van der Waals surface area contributed by atoms with Crippen molar-refractivity contribution in [1.82, 2.24) is 0 Å². The summed E-state index contributed by atoms with van der Waals surface area (Å²) in [5.74, 6) is 1.01. The summed E-state index contributed by atoms with van der Waals surface area (Å²) in [5.41, 5.74) is 3.40. The number of nitrogens with one attached hydrogen (secondary N) is 1. The fraction of sp³-hybridized carbons (Fsp3) is 0.208. The van der Waals surface area contributed by atoms with E-state index in [-0.39, 0.29) is 5.91 Å². The molecule has 0 radical (unpaired) electrons. The number of carbonyl (C=O) groups is 1. The van der Waals surface area contributed by atoms with Gasteiger partial charge >= 0.3 is 0 Å². The Morgan fingerprint density at radius 3 is 2.38 bits per heavy atom. The summed E-state index contributed by atoms with van der Waals surface area (Å²) < 4.78 is 11.4. The maximum absolute atomic E-state index is 13.0. The Labute approximate surface area is 175 Å². The van der Waals surface area contributed by atoms with Crippen LogP contribution >= 0.6 is 11.6 Å². The zero-order valence-electron chi connectivity index (χ0n) is 16.0. The van der Waals surface area contributed by atoms with Crippen LogP contribution in [0.15, 0.2) is 66.7 Å². The molecular formula is C24H22ClNO3. The molecule has 0 bridgehead atoms. The summed E-state index contributed by atoms with van der Waals surface area (Å²) in [7, 11) is 0. The number of rotatable bonds is 5. The van der Waals surface area contributed by atoms with Crippen molar-refractivity contribution in [3.05, 3.63) is 88.4 Å². The Balaban J connectivity index is 1.52. The zero-order chi connectivity index (χ0) is 20.1. The Morgan fingerprint density at radius 1 is 0.897 bits per heavy atom. The van der Waals surface area contributed by atoms with Crippen molar-refractivity contribution in [3.8, 4) is 11.5 Å². The lowest BCUT2D eigenvalue weighted by atomic mass is 9.99. The predicted octanol–water partition coefficient (Wildman–Crippen LogP) is 5.54. The normalized spacial score (nSPS) is 12.9. The van der Waals surface area contributed by atoms with Crippen LogP contribution in [0.3, 0.4) is 0 Å². The van der Waals surface area contributed by atoms with Crippen LogP contribution in [0.4, 0.5) is 5.69 Å². The third-order valence-corrected chi connectivity index (χ3v) is 5.19. The number of ether oxygens (including phenoxy) is 2. The number of fused-ring (bicyclic) bond motifs is 1. The molecule has 3 aromatic rings. The van der Waals surface area contributed by atoms with Crippen molar-refractivity contribution in [2.75, 3.05) is 18.5 Å². The Bertz CT molecular complexity index is 1000. The summed E-state index contributed by atoms with van der Waals surface area (Å²) in [5, 5.41) is 3.35. The first-order chi connectivity index (χ1) is 14.2. The molecule has 0 aliphatic carbocycles. The summed E-state index contributed by atoms with van der Waals surface area (Å²) in [6, 6.07) is 21.3. The second kappa shape index (κ2) is 9.01. The highest BCUT2D eigenvalue weighted by molar-refractivity contribution is 6.34. The lowest BCUT2D eigenvalue weighted by Gasteiger charge is -2.14. The van der Waals surface area contributed by atoms with Crippen molar-refractivity contribution in [1.29, 1.82) is 0 Å². The fourth-order valence-electron chi connectivity index (χ4n) is 3.35. The minimum atomic E-state index is -0.190. The standard InChI is InChI=1S/C24H22ClNO3/c25-20-15-22-23(29-14-6-13-28-22)16-21(20)26-24(27)19-10-5-4-9-18(19)12-11-17-7-2-1-3-8-17/h1-5,7-10,15-16H,6,11-14H2,(H,26,27). The topological polar surface area (TPSA) is 47.6 Å². The largest absolute Gasteiger partial charge is 0.490 e. The van der Waals surface area contributed by atoms with Gasteiger partial charge in [0.05, 0.1) is 23.9 Å². The van der Waals surface area contributed by atoms with Gasteiger partial charge in [-0.1, -0.05) is 60.1 Å². The molecule has 4 nitrogen and oxygen atoms in total. The lowest BCUT2D eigenvalue weighted by molar-refractivity contribution is 0.102. The molecule has 0 saturated carbocycles. The molecule has 1 N–H and O–H groups in total. The van der Waals surface area contributed by atoms with E-state index in [0.29, 0.717) is 41.0 Å². The summed E-state index contributed by atoms with van der Waals surface area (Å²) >= 11 is 6.38. The van der Waals surface area contributed by atoms with Crippen LogP contribution in [0.5, 0.6) is 11.5 Å². The quantitative estimate of drug-likeness (QED) is 0.604. The molecule has 1 aliphatic rings. The van der Waals surface area contributed by atoms with E-state index in [1.54, 1.807) is 12.1 Å². The number of hydrogen-bond donors (Lipinski definition) is 1. The van der Waals surface area contributed by atoms with E-state index < -0.39 is 0 Å². The van der Waals surface area contributed by atoms with Crippen LogP contribution in [-0.2, 0) is 12.8 Å². The van der Waals surface area contributed by atoms with Crippen LogP contribution in [0.2, 0.25) is 5.02 Å². The second-order valence-corrected chi connectivity index (χ2v) is 7.33. The van der Waals surface area contributed by atoms with Gasteiger partial charge in [0.2, 0.25) is 0 Å². The number of halogens is 1. The molecule has 5 heteroatoms. The van der Waals surface area contributed by atoms with Crippen molar-refractivity contribution >= 4 is 23.2 Å². The van der Waals surface area contributed by atoms with E-state index in [1.807, 2.05) is 42.5 Å². The smallest absolute Gasteiger partial charge is 0.255 e. The first-order valence-electron chi connectivity index (χ1n) is 9.73. The predicted molar refractivity (Wildman–Crippen MR) is 115 cm³/mol. The molecule has 0 atom stereocenters. The minimum Gasteiger partial charge on any atom is -0.490 e. The third kappa shape index (κ3) is 4.72. The van der Waals surface area contributed by atoms with Crippen LogP contribution in [0.25, 0.3) is 0 Å². The zero-order valence-corrected chi connectivity index (χ0v) is 16.7. The highest BCUT2D eigenvalue weighted by Crippen LogP contribution is 2.37. The number of hydrogen-bond acceptors (Lipinski definition) is 3. The lowest BCUT2D eigenvalue weighted by Crippen LogP contribution is -2.15. The molecule has 0 saturated heterocycles. The molecule has 1 amide bonds. The van der Waals surface area contributed by atoms with E-state index in [4.69, 9.17) is 21.1 Å². The summed E-state index contributed by atoms with van der Waals surface area (Å²) in [4.78, 5) is 13.0. The van der Waals surface area contributed by atoms with Gasteiger partial charge < -0.3 is 14.8 Å². The summed E-state index contributed by atoms with van der Waals surface area (Å²) in [6.07, 6.45) is 2.46. The third-order valence-electron chi connectivity index (χ3n) is 4.87. The van der Waals surface area contributed by atoms with Crippen molar-refractivity contribution < 1.29 is 14.3 Å². The molecule has 1 aliphatic heterocycles. The maximum Gasteiger partial charge on any atom is 0.255 e. The van der Waals surface area contributed by atoms with Gasteiger partial charge in [-0.3, -0.25) is 4.79 Å². The fourth-order valence-corrected chi connectivity index (χ4v) is 3.55. The van der Waals surface area contributed by atoms with E-state index in [0.717, 1.165) is 24.8 Å². The van der Waals surface area contributed by atoms with Gasteiger partial charge in [-0.05, 0) is 30.0 Å². The SMILES string of the molecule is O=C(Nc1cc2c(cc1Cl)OCCCO2)c1ccccc1CCc1ccccc1. The molecule has 0 spiro atoms. The Morgan fingerprint density at radius 2 is 1.59 bits per heavy atom. The van der Waals surface area contributed by atoms with E-state index >= 15 is 0 Å². The first kappa shape index (κ1) is 19.3. The number of amides is 1. The first-order valence-corrected chi connectivity index (χ1v) is 10.1. The summed E-state index contributed by atoms with van der Waals surface area (Å²) in [6.45, 7) is 1.16. The number of benzene rings is 3. The average Bonchev–Trinajstić information content (AvgIpc) is 2.98. The van der Waals surface area contributed by atoms with Gasteiger partial charge in [-0.15, -0.1) is 0 Å². The highest BCUT2D eigenvalue weighted by atomic mass is 35.5. The molecule has 0 aromatic heterocycles. The van der Waals surface area contributed by atoms with Crippen molar-refractivity contribution in [2.24, 2.45) is 0 Å². The number of carbonyl (C=O) groups excluding carboxylic acids is 1. The molecule has 0 unspecified atom stereocenters. The van der Waals surface area contributed by atoms with E-state index in [1.165, 1.54) is 5.56 Å². The van der Waals surface area contributed by atoms with Gasteiger partial charge in [-0.25, -0.2) is 0 Å². The van der Waals surface area contributed by atoms with Gasteiger partial charge in [0.25, 0.3) is 5.91 Å². The van der Waals surface area contributed by atoms with Crippen LogP contribution in [-0.4, -0.2) is 19.1 Å². The molecule has 148 valence electrons. The maximum atomic E-state index is 13.0. The van der Waals surface area contributed by atoms with E-state index in [9.17, 15) is 4.79 Å². The monoisotopic (exact) mass is 407 g/mol. The van der Waals surface area contributed by atoms with Gasteiger partial charge in [-0.2, -0.15) is 0 Å². The van der Waals surface area contributed by atoms with Crippen LogP contribution < -0.4 is 14.8 Å². The average molecular weight is 408 g/mol. The van der Waals surface area contributed by atoms with Gasteiger partial charge in [0.15, 0.2) is 11.5 Å². The Kier molecular flexibility index (Phi) is 6.01. The van der Waals surface area contributed by atoms with Crippen LogP contribution in [0.1, 0.15) is 27.9 Å². The molecule has 0 fully saturated rings. The molecule has 29 heavy (non-hydrogen) atoms. The van der Waals surface area contributed by atoms with Crippen molar-refractivity contribution in [3.63, 3.8) is 0 Å². The Hall–Kier alpha value is -2.98. The molecular weight excluding hydrogens is 386 g/mol. The van der Waals surface area contributed by atoms with Gasteiger partial charge in [0, 0.05) is 24.1 Å². The minimum absolute atomic E-state index is 0.190. The highest BCUT2D eigenvalue weighted by Gasteiger charge is 2.17. The second-order valence-electron chi connectivity index (χ2n) is 6.93. The van der Waals surface area contributed by atoms with Crippen molar-refractivity contribution in [2.45, 2.75) is 19.3 Å². The van der Waals surface area contributed by atoms with Gasteiger partial charge in [0.1, 0.15) is 0 Å². The van der Waals surface area contributed by atoms with E-state index in [2.05, 4.69) is 17.4 Å². The molecule has 4 rings (SSSR count). The number of anilines is 1. The van der Waals surface area contributed by atoms with Crippen LogP contribution in [0, 0.1) is 0 Å². The molecule has 1 heterocycles. The molecule has 3 aromatic carbocycles.